The Morgan fingerprint density at radius 3 is 2.64 bits per heavy atom. The van der Waals surface area contributed by atoms with Crippen LogP contribution < -0.4 is 14.8 Å². The van der Waals surface area contributed by atoms with Gasteiger partial charge in [-0.1, -0.05) is 29.8 Å². The summed E-state index contributed by atoms with van der Waals surface area (Å²) in [6, 6.07) is 12.8. The fourth-order valence-corrected chi connectivity index (χ4v) is 2.43. The molecule has 0 atom stereocenters. The molecule has 0 aliphatic rings. The number of amides is 1. The van der Waals surface area contributed by atoms with Crippen molar-refractivity contribution in [3.05, 3.63) is 58.6 Å². The molecule has 5 heteroatoms. The van der Waals surface area contributed by atoms with Gasteiger partial charge in [0, 0.05) is 17.1 Å². The summed E-state index contributed by atoms with van der Waals surface area (Å²) in [6.07, 6.45) is 0. The summed E-state index contributed by atoms with van der Waals surface area (Å²) >= 11 is 6.04. The van der Waals surface area contributed by atoms with Crippen LogP contribution in [0.5, 0.6) is 11.5 Å². The average molecular weight is 320 g/mol. The highest BCUT2D eigenvalue weighted by atomic mass is 35.5. The summed E-state index contributed by atoms with van der Waals surface area (Å²) in [5.41, 5.74) is 1.76. The number of carbonyl (C=O) groups is 1. The molecule has 0 bridgehead atoms. The highest BCUT2D eigenvalue weighted by Crippen LogP contribution is 2.27. The van der Waals surface area contributed by atoms with E-state index in [4.69, 9.17) is 21.1 Å². The van der Waals surface area contributed by atoms with Crippen LogP contribution in [-0.4, -0.2) is 19.6 Å². The molecule has 0 radical (unpaired) electrons. The minimum absolute atomic E-state index is 0.0358. The van der Waals surface area contributed by atoms with Gasteiger partial charge in [0.15, 0.2) is 6.61 Å². The summed E-state index contributed by atoms with van der Waals surface area (Å²) in [5, 5.41) is 3.41. The molecule has 0 aliphatic heterocycles. The zero-order valence-corrected chi connectivity index (χ0v) is 13.3. The van der Waals surface area contributed by atoms with Gasteiger partial charge in [0.25, 0.3) is 5.91 Å². The lowest BCUT2D eigenvalue weighted by atomic mass is 10.1. The monoisotopic (exact) mass is 319 g/mol. The first-order chi connectivity index (χ1) is 10.6. The molecule has 1 N–H and O–H groups in total. The first kappa shape index (κ1) is 16.2. The zero-order chi connectivity index (χ0) is 15.9. The predicted octanol–water partition coefficient (Wildman–Crippen LogP) is 3.35. The number of halogens is 1. The smallest absolute Gasteiger partial charge is 0.258 e. The lowest BCUT2D eigenvalue weighted by Crippen LogP contribution is -2.28. The maximum atomic E-state index is 11.8. The van der Waals surface area contributed by atoms with Crippen LogP contribution in [-0.2, 0) is 11.3 Å². The van der Waals surface area contributed by atoms with Gasteiger partial charge in [-0.2, -0.15) is 0 Å². The first-order valence-electron chi connectivity index (χ1n) is 6.87. The molecule has 0 spiro atoms. The number of benzene rings is 2. The molecule has 0 saturated carbocycles. The van der Waals surface area contributed by atoms with Crippen molar-refractivity contribution in [3.63, 3.8) is 0 Å². The molecule has 2 aromatic carbocycles. The molecule has 0 unspecified atom stereocenters. The van der Waals surface area contributed by atoms with E-state index in [0.29, 0.717) is 17.3 Å². The third kappa shape index (κ3) is 4.40. The second-order valence-electron chi connectivity index (χ2n) is 4.79. The van der Waals surface area contributed by atoms with Crippen molar-refractivity contribution in [1.29, 1.82) is 0 Å². The first-order valence-corrected chi connectivity index (χ1v) is 7.25. The van der Waals surface area contributed by atoms with E-state index in [2.05, 4.69) is 5.32 Å². The Morgan fingerprint density at radius 2 is 1.95 bits per heavy atom. The van der Waals surface area contributed by atoms with Crippen molar-refractivity contribution in [2.24, 2.45) is 0 Å². The van der Waals surface area contributed by atoms with Crippen LogP contribution >= 0.6 is 11.6 Å². The Labute approximate surface area is 135 Å². The number of ether oxygens (including phenoxy) is 2. The van der Waals surface area contributed by atoms with E-state index in [1.165, 1.54) is 0 Å². The molecule has 2 rings (SSSR count). The molecule has 116 valence electrons. The van der Waals surface area contributed by atoms with Crippen LogP contribution in [0.1, 0.15) is 11.1 Å². The third-order valence-electron chi connectivity index (χ3n) is 3.11. The summed E-state index contributed by atoms with van der Waals surface area (Å²) in [4.78, 5) is 11.8. The Balaban J connectivity index is 1.91. The SMILES string of the molecule is COc1c(C)cc(Cl)cc1CNC(=O)COc1ccccc1. The van der Waals surface area contributed by atoms with Gasteiger partial charge in [-0.25, -0.2) is 0 Å². The molecule has 0 aliphatic carbocycles. The Hall–Kier alpha value is -2.20. The number of aryl methyl sites for hydroxylation is 1. The van der Waals surface area contributed by atoms with Crippen LogP contribution in [0.25, 0.3) is 0 Å². The van der Waals surface area contributed by atoms with Crippen LogP contribution in [0, 0.1) is 6.92 Å². The molecule has 0 heterocycles. The van der Waals surface area contributed by atoms with E-state index in [1.807, 2.05) is 31.2 Å². The minimum atomic E-state index is -0.205. The number of rotatable bonds is 6. The van der Waals surface area contributed by atoms with E-state index < -0.39 is 0 Å². The molecule has 2 aromatic rings. The third-order valence-corrected chi connectivity index (χ3v) is 3.33. The molecule has 0 aromatic heterocycles. The van der Waals surface area contributed by atoms with Gasteiger partial charge in [-0.3, -0.25) is 4.79 Å². The Morgan fingerprint density at radius 1 is 1.23 bits per heavy atom. The number of para-hydroxylation sites is 1. The van der Waals surface area contributed by atoms with Crippen LogP contribution in [0.3, 0.4) is 0 Å². The lowest BCUT2D eigenvalue weighted by Gasteiger charge is -2.13. The summed E-state index contributed by atoms with van der Waals surface area (Å²) in [6.45, 7) is 2.21. The molecule has 22 heavy (non-hydrogen) atoms. The maximum absolute atomic E-state index is 11.8. The van der Waals surface area contributed by atoms with Gasteiger partial charge in [0.2, 0.25) is 0 Å². The molecular formula is C17H18ClNO3. The van der Waals surface area contributed by atoms with Gasteiger partial charge in [-0.15, -0.1) is 0 Å². The van der Waals surface area contributed by atoms with Gasteiger partial charge in [-0.05, 0) is 36.8 Å². The zero-order valence-electron chi connectivity index (χ0n) is 12.6. The summed E-state index contributed by atoms with van der Waals surface area (Å²) < 4.78 is 10.7. The quantitative estimate of drug-likeness (QED) is 0.888. The van der Waals surface area contributed by atoms with Crippen molar-refractivity contribution in [1.82, 2.24) is 5.32 Å². The average Bonchev–Trinajstić information content (AvgIpc) is 2.51. The topological polar surface area (TPSA) is 47.6 Å². The largest absolute Gasteiger partial charge is 0.496 e. The van der Waals surface area contributed by atoms with Crippen molar-refractivity contribution in [2.75, 3.05) is 13.7 Å². The lowest BCUT2D eigenvalue weighted by molar-refractivity contribution is -0.123. The fourth-order valence-electron chi connectivity index (χ4n) is 2.13. The molecule has 1 amide bonds. The normalized spacial score (nSPS) is 10.1. The molecule has 0 fully saturated rings. The molecular weight excluding hydrogens is 302 g/mol. The van der Waals surface area contributed by atoms with E-state index in [1.54, 1.807) is 25.3 Å². The van der Waals surface area contributed by atoms with Gasteiger partial charge >= 0.3 is 0 Å². The van der Waals surface area contributed by atoms with Crippen LogP contribution in [0.4, 0.5) is 0 Å². The van der Waals surface area contributed by atoms with Crippen molar-refractivity contribution in [3.8, 4) is 11.5 Å². The second-order valence-corrected chi connectivity index (χ2v) is 5.23. The summed E-state index contributed by atoms with van der Waals surface area (Å²) in [5.74, 6) is 1.19. The second kappa shape index (κ2) is 7.71. The molecule has 0 saturated heterocycles. The van der Waals surface area contributed by atoms with Gasteiger partial charge < -0.3 is 14.8 Å². The molecule has 4 nitrogen and oxygen atoms in total. The number of hydrogen-bond acceptors (Lipinski definition) is 3. The number of hydrogen-bond donors (Lipinski definition) is 1. The van der Waals surface area contributed by atoms with Gasteiger partial charge in [0.05, 0.1) is 7.11 Å². The predicted molar refractivity (Wildman–Crippen MR) is 86.5 cm³/mol. The van der Waals surface area contributed by atoms with E-state index in [0.717, 1.165) is 16.9 Å². The van der Waals surface area contributed by atoms with Crippen LogP contribution in [0.15, 0.2) is 42.5 Å². The Kier molecular flexibility index (Phi) is 5.67. The van der Waals surface area contributed by atoms with Crippen molar-refractivity contribution in [2.45, 2.75) is 13.5 Å². The number of methoxy groups -OCH3 is 1. The van der Waals surface area contributed by atoms with E-state index in [9.17, 15) is 4.79 Å². The minimum Gasteiger partial charge on any atom is -0.496 e. The fraction of sp³-hybridized carbons (Fsp3) is 0.235. The number of nitrogens with one attached hydrogen (secondary N) is 1. The van der Waals surface area contributed by atoms with Crippen LogP contribution in [0.2, 0.25) is 5.02 Å². The van der Waals surface area contributed by atoms with Crippen molar-refractivity contribution >= 4 is 17.5 Å². The standard InChI is InChI=1S/C17H18ClNO3/c1-12-8-14(18)9-13(17(12)21-2)10-19-16(20)11-22-15-6-4-3-5-7-15/h3-9H,10-11H2,1-2H3,(H,19,20). The maximum Gasteiger partial charge on any atom is 0.258 e. The van der Waals surface area contributed by atoms with Gasteiger partial charge in [0.1, 0.15) is 11.5 Å². The number of carbonyl (C=O) groups excluding carboxylic acids is 1. The van der Waals surface area contributed by atoms with E-state index >= 15 is 0 Å². The van der Waals surface area contributed by atoms with E-state index in [-0.39, 0.29) is 12.5 Å². The highest BCUT2D eigenvalue weighted by molar-refractivity contribution is 6.30. The summed E-state index contributed by atoms with van der Waals surface area (Å²) in [7, 11) is 1.60. The van der Waals surface area contributed by atoms with Crippen molar-refractivity contribution < 1.29 is 14.3 Å². The highest BCUT2D eigenvalue weighted by Gasteiger charge is 2.10. The Bertz CT molecular complexity index is 644.